The minimum atomic E-state index is 0. The van der Waals surface area contributed by atoms with Crippen LogP contribution in [0.4, 0.5) is 5.69 Å². The summed E-state index contributed by atoms with van der Waals surface area (Å²) < 4.78 is 2.20. The van der Waals surface area contributed by atoms with Gasteiger partial charge in [0.2, 0.25) is 5.69 Å². The summed E-state index contributed by atoms with van der Waals surface area (Å²) in [4.78, 5) is 0. The Hall–Kier alpha value is -0.530. The third kappa shape index (κ3) is 1.94. The number of hydrogen-bond acceptors (Lipinski definition) is 0. The second kappa shape index (κ2) is 4.33. The number of nitrogens with zero attached hydrogens (tertiary/aromatic N) is 1. The van der Waals surface area contributed by atoms with E-state index in [0.717, 1.165) is 0 Å². The smallest absolute Gasteiger partial charge is 0.209 e. The highest BCUT2D eigenvalue weighted by Crippen LogP contribution is 2.34. The molecule has 0 bridgehead atoms. The van der Waals surface area contributed by atoms with Crippen LogP contribution in [-0.4, -0.2) is 17.8 Å². The summed E-state index contributed by atoms with van der Waals surface area (Å²) in [5.41, 5.74) is 2.96. The van der Waals surface area contributed by atoms with Gasteiger partial charge in [-0.2, -0.15) is 0 Å². The summed E-state index contributed by atoms with van der Waals surface area (Å²) in [6, 6.07) is 8.56. The van der Waals surface area contributed by atoms with Gasteiger partial charge in [0, 0.05) is 11.6 Å². The van der Waals surface area contributed by atoms with Crippen LogP contribution < -0.4 is 12.4 Å². The molecule has 14 heavy (non-hydrogen) atoms. The summed E-state index contributed by atoms with van der Waals surface area (Å²) >= 11 is 0. The lowest BCUT2D eigenvalue weighted by molar-refractivity contribution is -0.397. The molecule has 1 aromatic carbocycles. The number of hydrogen-bond donors (Lipinski definition) is 0. The first-order valence-electron chi connectivity index (χ1n) is 4.30. The summed E-state index contributed by atoms with van der Waals surface area (Å²) in [5.74, 6) is 0. The largest absolute Gasteiger partial charge is 1.00 e. The van der Waals surface area contributed by atoms with E-state index in [-0.39, 0.29) is 30.2 Å². The Bertz CT molecular complexity index is 356. The normalized spacial score (nSPS) is 16.1. The third-order valence-corrected chi connectivity index (χ3v) is 2.49. The van der Waals surface area contributed by atoms with Crippen molar-refractivity contribution in [3.63, 3.8) is 0 Å². The fourth-order valence-electron chi connectivity index (χ4n) is 1.95. The lowest BCUT2D eigenvalue weighted by atomic mass is 9.87. The maximum absolute atomic E-state index is 2.26. The van der Waals surface area contributed by atoms with E-state index in [1.54, 1.807) is 0 Å². The fraction of sp³-hybridized carbons (Fsp3) is 0.364. The summed E-state index contributed by atoms with van der Waals surface area (Å²) in [7, 11) is 2.10. The summed E-state index contributed by atoms with van der Waals surface area (Å²) in [5, 5.41) is 0. The maximum atomic E-state index is 2.26. The molecule has 0 N–H and O–H groups in total. The highest BCUT2D eigenvalue weighted by molar-refractivity contribution is 5.85. The molecule has 0 atom stereocenters. The minimum absolute atomic E-state index is 0. The van der Waals surface area contributed by atoms with Gasteiger partial charge in [-0.3, -0.25) is 0 Å². The highest BCUT2D eigenvalue weighted by Gasteiger charge is 2.34. The monoisotopic (exact) mass is 231 g/mol. The Morgan fingerprint density at radius 3 is 2.29 bits per heavy atom. The van der Waals surface area contributed by atoms with Crippen LogP contribution in [0.15, 0.2) is 24.3 Å². The van der Waals surface area contributed by atoms with Crippen LogP contribution in [-0.2, 0) is 5.41 Å². The standard InChI is InChI=1S/C11H14N.2ClH/c1-11(2)8-12(3)10-7-5-4-6-9(10)11;;/h4-8H,1-3H3;2*1H/q+1;;/p-1. The first-order valence-corrected chi connectivity index (χ1v) is 4.30. The van der Waals surface area contributed by atoms with Gasteiger partial charge in [0.25, 0.3) is 0 Å². The lowest BCUT2D eigenvalue weighted by Crippen LogP contribution is -3.00. The van der Waals surface area contributed by atoms with Gasteiger partial charge in [-0.25, -0.2) is 4.58 Å². The molecule has 2 rings (SSSR count). The van der Waals surface area contributed by atoms with Crippen molar-refractivity contribution in [2.24, 2.45) is 0 Å². The zero-order valence-electron chi connectivity index (χ0n) is 8.62. The van der Waals surface area contributed by atoms with Crippen LogP contribution in [0.1, 0.15) is 19.4 Å². The van der Waals surface area contributed by atoms with Gasteiger partial charge in [0.05, 0.1) is 5.41 Å². The van der Waals surface area contributed by atoms with Crippen LogP contribution in [0.25, 0.3) is 0 Å². The average Bonchev–Trinajstić information content (AvgIpc) is 2.25. The van der Waals surface area contributed by atoms with E-state index in [4.69, 9.17) is 0 Å². The Balaban J connectivity index is 0.000000845. The first kappa shape index (κ1) is 13.5. The zero-order chi connectivity index (χ0) is 8.77. The fourth-order valence-corrected chi connectivity index (χ4v) is 1.95. The van der Waals surface area contributed by atoms with E-state index >= 15 is 0 Å². The van der Waals surface area contributed by atoms with Crippen molar-refractivity contribution in [1.82, 2.24) is 0 Å². The number of fused-ring (bicyclic) bond motifs is 1. The van der Waals surface area contributed by atoms with E-state index in [0.29, 0.717) is 0 Å². The van der Waals surface area contributed by atoms with Gasteiger partial charge < -0.3 is 12.4 Å². The van der Waals surface area contributed by atoms with Crippen LogP contribution >= 0.6 is 12.4 Å². The molecule has 0 aliphatic carbocycles. The second-order valence-electron chi connectivity index (χ2n) is 3.98. The van der Waals surface area contributed by atoms with Crippen molar-refractivity contribution >= 4 is 24.3 Å². The van der Waals surface area contributed by atoms with Crippen LogP contribution in [0, 0.1) is 0 Å². The van der Waals surface area contributed by atoms with Gasteiger partial charge in [-0.15, -0.1) is 12.4 Å². The van der Waals surface area contributed by atoms with Crippen molar-refractivity contribution in [2.45, 2.75) is 19.3 Å². The first-order chi connectivity index (χ1) is 5.61. The van der Waals surface area contributed by atoms with Crippen molar-refractivity contribution in [3.05, 3.63) is 29.8 Å². The highest BCUT2D eigenvalue weighted by atomic mass is 35.5. The summed E-state index contributed by atoms with van der Waals surface area (Å²) in [6.07, 6.45) is 2.26. The number of para-hydroxylation sites is 1. The van der Waals surface area contributed by atoms with Crippen LogP contribution in [0.5, 0.6) is 0 Å². The van der Waals surface area contributed by atoms with Gasteiger partial charge >= 0.3 is 0 Å². The number of benzene rings is 1. The van der Waals surface area contributed by atoms with Gasteiger partial charge in [-0.1, -0.05) is 18.2 Å². The summed E-state index contributed by atoms with van der Waals surface area (Å²) in [6.45, 7) is 4.49. The molecule has 0 spiro atoms. The Morgan fingerprint density at radius 2 is 1.71 bits per heavy atom. The average molecular weight is 232 g/mol. The van der Waals surface area contributed by atoms with E-state index in [1.165, 1.54) is 11.3 Å². The Kier molecular flexibility index (Phi) is 4.16. The van der Waals surface area contributed by atoms with Crippen molar-refractivity contribution in [2.75, 3.05) is 7.05 Å². The van der Waals surface area contributed by atoms with E-state index < -0.39 is 0 Å². The van der Waals surface area contributed by atoms with Crippen molar-refractivity contribution < 1.29 is 17.0 Å². The topological polar surface area (TPSA) is 3.01 Å². The van der Waals surface area contributed by atoms with Gasteiger partial charge in [0.15, 0.2) is 6.21 Å². The molecular weight excluding hydrogens is 217 g/mol. The maximum Gasteiger partial charge on any atom is 0.209 e. The van der Waals surface area contributed by atoms with Gasteiger partial charge in [0.1, 0.15) is 7.05 Å². The predicted molar refractivity (Wildman–Crippen MR) is 58.6 cm³/mol. The molecular formula is C11H15Cl2N. The molecule has 0 radical (unpaired) electrons. The molecule has 0 unspecified atom stereocenters. The predicted octanol–water partition coefficient (Wildman–Crippen LogP) is -0.252. The van der Waals surface area contributed by atoms with Crippen molar-refractivity contribution in [1.29, 1.82) is 0 Å². The quantitative estimate of drug-likeness (QED) is 0.543. The van der Waals surface area contributed by atoms with E-state index in [1.807, 2.05) is 0 Å². The second-order valence-corrected chi connectivity index (χ2v) is 3.98. The number of rotatable bonds is 0. The Labute approximate surface area is 97.7 Å². The van der Waals surface area contributed by atoms with E-state index in [2.05, 4.69) is 56.0 Å². The molecule has 1 nitrogen and oxygen atoms in total. The molecule has 1 aliphatic heterocycles. The molecule has 1 aromatic rings. The minimum Gasteiger partial charge on any atom is -1.00 e. The molecule has 1 heterocycles. The third-order valence-electron chi connectivity index (χ3n) is 2.49. The molecule has 0 amide bonds. The molecule has 0 aromatic heterocycles. The van der Waals surface area contributed by atoms with Crippen LogP contribution in [0.2, 0.25) is 0 Å². The molecule has 78 valence electrons. The van der Waals surface area contributed by atoms with Crippen LogP contribution in [0.3, 0.4) is 0 Å². The lowest BCUT2D eigenvalue weighted by Gasteiger charge is -2.09. The zero-order valence-corrected chi connectivity index (χ0v) is 10.2. The molecule has 0 fully saturated rings. The van der Waals surface area contributed by atoms with Crippen molar-refractivity contribution in [3.8, 4) is 0 Å². The Morgan fingerprint density at radius 1 is 1.14 bits per heavy atom. The van der Waals surface area contributed by atoms with Gasteiger partial charge in [-0.05, 0) is 13.8 Å². The number of halogens is 2. The van der Waals surface area contributed by atoms with E-state index in [9.17, 15) is 0 Å². The molecule has 3 heteroatoms. The SMILES string of the molecule is C[N+]1=CC(C)(C)c2ccccc21.Cl.[Cl-]. The molecule has 1 aliphatic rings. The molecule has 0 saturated heterocycles. The molecule has 0 saturated carbocycles.